The maximum absolute atomic E-state index is 10.8. The second kappa shape index (κ2) is 7.30. The molecule has 1 saturated heterocycles. The molecule has 26 heavy (non-hydrogen) atoms. The largest absolute Gasteiger partial charge is 0.505 e. The lowest BCUT2D eigenvalue weighted by Crippen LogP contribution is -2.33. The predicted molar refractivity (Wildman–Crippen MR) is 105 cm³/mol. The summed E-state index contributed by atoms with van der Waals surface area (Å²) in [5.41, 5.74) is 2.50. The van der Waals surface area contributed by atoms with Gasteiger partial charge in [0.1, 0.15) is 17.9 Å². The number of fused-ring (bicyclic) bond motifs is 1. The first-order valence-corrected chi connectivity index (χ1v) is 9.20. The van der Waals surface area contributed by atoms with Gasteiger partial charge in [-0.2, -0.15) is 0 Å². The Morgan fingerprint density at radius 3 is 2.92 bits per heavy atom. The Bertz CT molecular complexity index is 906. The molecule has 5 heteroatoms. The number of likely N-dealkylation sites (tertiary alicyclic amines) is 1. The molecule has 0 aliphatic carbocycles. The summed E-state index contributed by atoms with van der Waals surface area (Å²) in [5.74, 6) is 1.72. The van der Waals surface area contributed by atoms with Gasteiger partial charge in [-0.1, -0.05) is 31.2 Å². The van der Waals surface area contributed by atoms with Gasteiger partial charge in [-0.3, -0.25) is 4.90 Å². The highest BCUT2D eigenvalue weighted by atomic mass is 16.3. The normalized spacial score (nSPS) is 18.1. The monoisotopic (exact) mass is 348 g/mol. The van der Waals surface area contributed by atoms with E-state index in [-0.39, 0.29) is 0 Å². The number of benzene rings is 2. The SMILES string of the molecule is CC1CCCN(Cc2cccc(Nc3ncnc4ccccc34)c2O)C1. The third-order valence-electron chi connectivity index (χ3n) is 5.05. The molecule has 1 aliphatic rings. The van der Waals surface area contributed by atoms with Crippen molar-refractivity contribution in [1.82, 2.24) is 14.9 Å². The fourth-order valence-electron chi connectivity index (χ4n) is 3.72. The number of hydrogen-bond donors (Lipinski definition) is 2. The lowest BCUT2D eigenvalue weighted by molar-refractivity contribution is 0.175. The second-order valence-corrected chi connectivity index (χ2v) is 7.16. The molecule has 2 N–H and O–H groups in total. The molecule has 0 radical (unpaired) electrons. The van der Waals surface area contributed by atoms with E-state index in [0.717, 1.165) is 42.0 Å². The minimum absolute atomic E-state index is 0.299. The molecule has 0 saturated carbocycles. The van der Waals surface area contributed by atoms with E-state index in [0.29, 0.717) is 17.3 Å². The quantitative estimate of drug-likeness (QED) is 0.688. The van der Waals surface area contributed by atoms with Crippen LogP contribution < -0.4 is 5.32 Å². The zero-order valence-corrected chi connectivity index (χ0v) is 15.0. The van der Waals surface area contributed by atoms with Crippen molar-refractivity contribution in [2.75, 3.05) is 18.4 Å². The molecule has 0 bridgehead atoms. The third-order valence-corrected chi connectivity index (χ3v) is 5.05. The number of aromatic hydroxyl groups is 1. The average molecular weight is 348 g/mol. The van der Waals surface area contributed by atoms with Crippen molar-refractivity contribution in [3.63, 3.8) is 0 Å². The van der Waals surface area contributed by atoms with Crippen LogP contribution in [-0.2, 0) is 6.54 Å². The number of nitrogens with one attached hydrogen (secondary N) is 1. The highest BCUT2D eigenvalue weighted by Crippen LogP contribution is 2.33. The van der Waals surface area contributed by atoms with Gasteiger partial charge in [0.25, 0.3) is 0 Å². The first-order valence-electron chi connectivity index (χ1n) is 9.20. The number of hydrogen-bond acceptors (Lipinski definition) is 5. The van der Waals surface area contributed by atoms with Crippen molar-refractivity contribution in [1.29, 1.82) is 0 Å². The number of nitrogens with zero attached hydrogens (tertiary/aromatic N) is 3. The van der Waals surface area contributed by atoms with Crippen LogP contribution >= 0.6 is 0 Å². The summed E-state index contributed by atoms with van der Waals surface area (Å²) in [6, 6.07) is 13.7. The molecule has 1 aliphatic heterocycles. The molecule has 2 aromatic carbocycles. The Balaban J connectivity index is 1.59. The standard InChI is InChI=1S/C21H24N4O/c1-15-6-5-11-25(12-15)13-16-7-4-10-19(20(16)26)24-21-17-8-2-3-9-18(17)22-14-23-21/h2-4,7-10,14-15,26H,5-6,11-13H2,1H3,(H,22,23,24). The lowest BCUT2D eigenvalue weighted by Gasteiger charge is -2.31. The number of para-hydroxylation sites is 2. The first-order chi connectivity index (χ1) is 12.7. The molecule has 5 nitrogen and oxygen atoms in total. The van der Waals surface area contributed by atoms with Gasteiger partial charge in [-0.25, -0.2) is 9.97 Å². The van der Waals surface area contributed by atoms with Crippen LogP contribution in [0.25, 0.3) is 10.9 Å². The van der Waals surface area contributed by atoms with E-state index in [4.69, 9.17) is 0 Å². The molecular weight excluding hydrogens is 324 g/mol. The van der Waals surface area contributed by atoms with Crippen LogP contribution in [-0.4, -0.2) is 33.1 Å². The van der Waals surface area contributed by atoms with Gasteiger partial charge in [-0.05, 0) is 43.5 Å². The van der Waals surface area contributed by atoms with E-state index in [1.807, 2.05) is 42.5 Å². The molecular formula is C21H24N4O. The van der Waals surface area contributed by atoms with Gasteiger partial charge in [0.05, 0.1) is 11.2 Å². The van der Waals surface area contributed by atoms with Crippen LogP contribution in [0.2, 0.25) is 0 Å². The van der Waals surface area contributed by atoms with Crippen LogP contribution in [0.5, 0.6) is 5.75 Å². The predicted octanol–water partition coefficient (Wildman–Crippen LogP) is 4.31. The van der Waals surface area contributed by atoms with E-state index >= 15 is 0 Å². The molecule has 1 fully saturated rings. The Hall–Kier alpha value is -2.66. The van der Waals surface area contributed by atoms with E-state index in [9.17, 15) is 5.11 Å². The molecule has 2 heterocycles. The summed E-state index contributed by atoms with van der Waals surface area (Å²) in [6.07, 6.45) is 4.07. The maximum Gasteiger partial charge on any atom is 0.143 e. The summed E-state index contributed by atoms with van der Waals surface area (Å²) in [7, 11) is 0. The first kappa shape index (κ1) is 16.8. The van der Waals surface area contributed by atoms with Crippen LogP contribution in [0, 0.1) is 5.92 Å². The number of phenols is 1. The molecule has 0 amide bonds. The van der Waals surface area contributed by atoms with Crippen molar-refractivity contribution < 1.29 is 5.11 Å². The molecule has 1 unspecified atom stereocenters. The smallest absolute Gasteiger partial charge is 0.143 e. The minimum Gasteiger partial charge on any atom is -0.505 e. The number of aromatic nitrogens is 2. The molecule has 4 rings (SSSR count). The lowest BCUT2D eigenvalue weighted by atomic mass is 9.99. The average Bonchev–Trinajstić information content (AvgIpc) is 2.65. The minimum atomic E-state index is 0.299. The van der Waals surface area contributed by atoms with Gasteiger partial charge >= 0.3 is 0 Å². The summed E-state index contributed by atoms with van der Waals surface area (Å²) in [4.78, 5) is 11.1. The van der Waals surface area contributed by atoms with Gasteiger partial charge in [-0.15, -0.1) is 0 Å². The number of rotatable bonds is 4. The van der Waals surface area contributed by atoms with Crippen LogP contribution in [0.4, 0.5) is 11.5 Å². The van der Waals surface area contributed by atoms with E-state index in [2.05, 4.69) is 27.1 Å². The maximum atomic E-state index is 10.8. The Labute approximate surface area is 153 Å². The Morgan fingerprint density at radius 1 is 1.15 bits per heavy atom. The Kier molecular flexibility index (Phi) is 4.71. The number of phenolic OH excluding ortho intramolecular Hbond substituents is 1. The molecule has 1 aromatic heterocycles. The molecule has 3 aromatic rings. The van der Waals surface area contributed by atoms with E-state index in [1.165, 1.54) is 12.8 Å². The fraction of sp³-hybridized carbons (Fsp3) is 0.333. The fourth-order valence-corrected chi connectivity index (χ4v) is 3.72. The van der Waals surface area contributed by atoms with Gasteiger partial charge < -0.3 is 10.4 Å². The van der Waals surface area contributed by atoms with Gasteiger partial charge in [0, 0.05) is 24.0 Å². The Morgan fingerprint density at radius 2 is 2.04 bits per heavy atom. The van der Waals surface area contributed by atoms with Gasteiger partial charge in [0.2, 0.25) is 0 Å². The van der Waals surface area contributed by atoms with Crippen molar-refractivity contribution in [3.8, 4) is 5.75 Å². The highest BCUT2D eigenvalue weighted by molar-refractivity contribution is 5.91. The zero-order chi connectivity index (χ0) is 17.9. The van der Waals surface area contributed by atoms with E-state index in [1.54, 1.807) is 6.33 Å². The van der Waals surface area contributed by atoms with Crippen molar-refractivity contribution in [3.05, 3.63) is 54.4 Å². The zero-order valence-electron chi connectivity index (χ0n) is 15.0. The van der Waals surface area contributed by atoms with Crippen molar-refractivity contribution in [2.45, 2.75) is 26.3 Å². The summed E-state index contributed by atoms with van der Waals surface area (Å²) < 4.78 is 0. The molecule has 0 spiro atoms. The van der Waals surface area contributed by atoms with Crippen molar-refractivity contribution in [2.24, 2.45) is 5.92 Å². The topological polar surface area (TPSA) is 61.3 Å². The third kappa shape index (κ3) is 3.48. The second-order valence-electron chi connectivity index (χ2n) is 7.16. The molecule has 1 atom stereocenters. The van der Waals surface area contributed by atoms with Crippen LogP contribution in [0.15, 0.2) is 48.8 Å². The number of anilines is 2. The van der Waals surface area contributed by atoms with Crippen LogP contribution in [0.1, 0.15) is 25.3 Å². The summed E-state index contributed by atoms with van der Waals surface area (Å²) >= 11 is 0. The molecule has 134 valence electrons. The van der Waals surface area contributed by atoms with Crippen molar-refractivity contribution >= 4 is 22.4 Å². The summed E-state index contributed by atoms with van der Waals surface area (Å²) in [6.45, 7) is 5.26. The number of piperidine rings is 1. The van der Waals surface area contributed by atoms with Crippen LogP contribution in [0.3, 0.4) is 0 Å². The van der Waals surface area contributed by atoms with Gasteiger partial charge in [0.15, 0.2) is 0 Å². The van der Waals surface area contributed by atoms with E-state index < -0.39 is 0 Å². The summed E-state index contributed by atoms with van der Waals surface area (Å²) in [5, 5.41) is 15.0. The highest BCUT2D eigenvalue weighted by Gasteiger charge is 2.18.